The van der Waals surface area contributed by atoms with Gasteiger partial charge in [0.1, 0.15) is 5.52 Å². The number of piperidine rings is 1. The Balaban J connectivity index is 1.53. The number of nitrogens with one attached hydrogen (secondary N) is 1. The van der Waals surface area contributed by atoms with Crippen molar-refractivity contribution in [1.82, 2.24) is 15.3 Å². The maximum absolute atomic E-state index is 12.6. The van der Waals surface area contributed by atoms with Gasteiger partial charge in [-0.3, -0.25) is 14.8 Å². The van der Waals surface area contributed by atoms with Gasteiger partial charge in [-0.2, -0.15) is 0 Å². The van der Waals surface area contributed by atoms with E-state index in [9.17, 15) is 4.79 Å². The molecule has 1 N–H and O–H groups in total. The van der Waals surface area contributed by atoms with Gasteiger partial charge < -0.3 is 10.2 Å². The predicted molar refractivity (Wildman–Crippen MR) is 139 cm³/mol. The number of fused-ring (bicyclic) bond motifs is 1. The molecule has 2 heterocycles. The van der Waals surface area contributed by atoms with Crippen LogP contribution in [0.15, 0.2) is 24.5 Å². The Hall–Kier alpha value is -0.150. The minimum absolute atomic E-state index is 0.167. The van der Waals surface area contributed by atoms with Gasteiger partial charge in [-0.1, -0.05) is 35.6 Å². The number of anilines is 1. The molecule has 2 aromatic rings. The Labute approximate surface area is 193 Å². The Morgan fingerprint density at radius 3 is 2.66 bits per heavy atom. The molecular formula is C20H28IN4OP3. The molecule has 29 heavy (non-hydrogen) atoms. The molecule has 156 valence electrons. The van der Waals surface area contributed by atoms with Crippen molar-refractivity contribution >= 4 is 72.9 Å². The summed E-state index contributed by atoms with van der Waals surface area (Å²) in [6.07, 6.45) is 6.28. The second-order valence-electron chi connectivity index (χ2n) is 8.50. The van der Waals surface area contributed by atoms with E-state index in [0.717, 1.165) is 48.2 Å². The van der Waals surface area contributed by atoms with Gasteiger partial charge in [-0.05, 0) is 36.3 Å². The quantitative estimate of drug-likeness (QED) is 0.340. The number of nitrogens with zero attached hydrogens (tertiary/aromatic N) is 3. The third kappa shape index (κ3) is 5.03. The zero-order chi connectivity index (χ0) is 20.8. The molecule has 0 radical (unpaired) electrons. The molecule has 0 bridgehead atoms. The summed E-state index contributed by atoms with van der Waals surface area (Å²) in [4.78, 5) is 24.2. The first-order valence-corrected chi connectivity index (χ1v) is 13.0. The van der Waals surface area contributed by atoms with Gasteiger partial charge in [0.15, 0.2) is 0 Å². The number of halogens is 1. The van der Waals surface area contributed by atoms with Crippen LogP contribution >= 0.6 is 50.3 Å². The number of hydrogen-bond donors (Lipinski definition) is 1. The Morgan fingerprint density at radius 2 is 2.00 bits per heavy atom. The highest BCUT2D eigenvalue weighted by molar-refractivity contribution is 14.1. The highest BCUT2D eigenvalue weighted by atomic mass is 127. The number of aromatic nitrogens is 2. The van der Waals surface area contributed by atoms with E-state index in [0.29, 0.717) is 18.3 Å². The maximum Gasteiger partial charge on any atom is 0.220 e. The van der Waals surface area contributed by atoms with Gasteiger partial charge in [0.25, 0.3) is 0 Å². The summed E-state index contributed by atoms with van der Waals surface area (Å²) in [6.45, 7) is 4.04. The molecule has 1 amide bonds. The van der Waals surface area contributed by atoms with E-state index in [1.54, 1.807) is 12.4 Å². The molecule has 1 aliphatic heterocycles. The van der Waals surface area contributed by atoms with Crippen molar-refractivity contribution in [2.45, 2.75) is 40.8 Å². The molecule has 1 aromatic carbocycles. The van der Waals surface area contributed by atoms with Crippen LogP contribution in [0.2, 0.25) is 0 Å². The topological polar surface area (TPSA) is 58.1 Å². The normalized spacial score (nSPS) is 29.3. The van der Waals surface area contributed by atoms with Crippen LogP contribution in [0.4, 0.5) is 5.69 Å². The Kier molecular flexibility index (Phi) is 6.67. The second kappa shape index (κ2) is 8.77. The highest BCUT2D eigenvalue weighted by Crippen LogP contribution is 2.58. The van der Waals surface area contributed by atoms with Crippen LogP contribution in [-0.4, -0.2) is 38.2 Å². The molecule has 1 aromatic heterocycles. The van der Waals surface area contributed by atoms with Crippen molar-refractivity contribution in [3.63, 3.8) is 0 Å². The van der Waals surface area contributed by atoms with Crippen molar-refractivity contribution in [3.8, 4) is 0 Å². The zero-order valence-electron chi connectivity index (χ0n) is 16.5. The predicted octanol–water partition coefficient (Wildman–Crippen LogP) is 4.13. The first-order valence-electron chi connectivity index (χ1n) is 10.0. The standard InChI is InChI=1S/C20H28IN4OP3/c1-11-6-13(24-16(26)7-12-8-20(12,21)29)10-25(9-11)15-3-2-14(19(27)28)17-18(15)23-5-4-22-17/h2-5,11-13,19H,6-10,27-29H2,1H3,(H,24,26)/t11-,12?,13+,20?/m0/s1. The van der Waals surface area contributed by atoms with E-state index >= 15 is 0 Å². The number of carbonyl (C=O) groups is 1. The van der Waals surface area contributed by atoms with Crippen molar-refractivity contribution in [2.75, 3.05) is 18.0 Å². The average molecular weight is 560 g/mol. The lowest BCUT2D eigenvalue weighted by atomic mass is 9.94. The van der Waals surface area contributed by atoms with Crippen molar-refractivity contribution < 1.29 is 4.79 Å². The molecule has 5 nitrogen and oxygen atoms in total. The summed E-state index contributed by atoms with van der Waals surface area (Å²) in [5.41, 5.74) is 4.16. The van der Waals surface area contributed by atoms with Crippen molar-refractivity contribution in [3.05, 3.63) is 30.1 Å². The van der Waals surface area contributed by atoms with E-state index in [-0.39, 0.29) is 20.5 Å². The number of amides is 1. The molecule has 9 heteroatoms. The molecule has 1 aliphatic carbocycles. The van der Waals surface area contributed by atoms with Crippen LogP contribution in [0.1, 0.15) is 37.1 Å². The fourth-order valence-corrected chi connectivity index (χ4v) is 6.00. The molecule has 7 atom stereocenters. The van der Waals surface area contributed by atoms with Crippen LogP contribution in [0.25, 0.3) is 11.0 Å². The van der Waals surface area contributed by atoms with Gasteiger partial charge in [0.2, 0.25) is 5.91 Å². The summed E-state index contributed by atoms with van der Waals surface area (Å²) in [6, 6.07) is 4.48. The summed E-state index contributed by atoms with van der Waals surface area (Å²) >= 11 is 2.44. The average Bonchev–Trinajstić information content (AvgIpc) is 3.25. The molecule has 0 spiro atoms. The maximum atomic E-state index is 12.6. The third-order valence-electron chi connectivity index (χ3n) is 5.87. The van der Waals surface area contributed by atoms with Gasteiger partial charge in [0, 0.05) is 46.5 Å². The summed E-state index contributed by atoms with van der Waals surface area (Å²) < 4.78 is 0.229. The molecule has 2 aliphatic rings. The first-order chi connectivity index (χ1) is 13.7. The molecular weight excluding hydrogens is 532 g/mol. The van der Waals surface area contributed by atoms with E-state index < -0.39 is 0 Å². The fraction of sp³-hybridized carbons (Fsp3) is 0.550. The monoisotopic (exact) mass is 560 g/mol. The van der Waals surface area contributed by atoms with E-state index in [4.69, 9.17) is 0 Å². The van der Waals surface area contributed by atoms with Crippen molar-refractivity contribution in [2.24, 2.45) is 11.8 Å². The van der Waals surface area contributed by atoms with Gasteiger partial charge in [0.05, 0.1) is 11.2 Å². The van der Waals surface area contributed by atoms with Gasteiger partial charge >= 0.3 is 0 Å². The Morgan fingerprint density at radius 1 is 1.31 bits per heavy atom. The number of alkyl halides is 1. The number of rotatable bonds is 5. The summed E-state index contributed by atoms with van der Waals surface area (Å²) in [7, 11) is 8.50. The second-order valence-corrected chi connectivity index (χ2v) is 14.9. The van der Waals surface area contributed by atoms with Crippen LogP contribution in [0.5, 0.6) is 0 Å². The minimum Gasteiger partial charge on any atom is -0.367 e. The third-order valence-corrected chi connectivity index (χ3v) is 8.62. The smallest absolute Gasteiger partial charge is 0.220 e. The van der Waals surface area contributed by atoms with Gasteiger partial charge in [-0.15, -0.1) is 27.7 Å². The van der Waals surface area contributed by atoms with Crippen LogP contribution < -0.4 is 10.2 Å². The fourth-order valence-electron chi connectivity index (χ4n) is 4.31. The van der Waals surface area contributed by atoms with Crippen LogP contribution in [0, 0.1) is 11.8 Å². The first kappa shape index (κ1) is 22.1. The zero-order valence-corrected chi connectivity index (χ0v) is 22.1. The minimum atomic E-state index is 0.167. The van der Waals surface area contributed by atoms with E-state index in [1.807, 2.05) is 0 Å². The van der Waals surface area contributed by atoms with Crippen LogP contribution in [0.3, 0.4) is 0 Å². The van der Waals surface area contributed by atoms with Gasteiger partial charge in [-0.25, -0.2) is 0 Å². The number of carbonyl (C=O) groups excluding carboxylic acids is 1. The van der Waals surface area contributed by atoms with E-state index in [1.165, 1.54) is 0 Å². The molecule has 2 fully saturated rings. The molecule has 1 saturated carbocycles. The summed E-state index contributed by atoms with van der Waals surface area (Å²) in [5, 5.41) is 3.54. The highest BCUT2D eigenvalue weighted by Gasteiger charge is 2.49. The molecule has 1 saturated heterocycles. The summed E-state index contributed by atoms with van der Waals surface area (Å²) in [5.74, 6) is 1.18. The number of benzene rings is 1. The lowest BCUT2D eigenvalue weighted by molar-refractivity contribution is -0.122. The van der Waals surface area contributed by atoms with E-state index in [2.05, 4.69) is 89.6 Å². The SMILES string of the molecule is C[C@H]1C[C@@H](NC(=O)CC2CC2(P)I)CN(c2ccc(C(P)P)c3nccnc23)C1. The lowest BCUT2D eigenvalue weighted by Gasteiger charge is -2.38. The largest absolute Gasteiger partial charge is 0.367 e. The molecule has 4 rings (SSSR count). The van der Waals surface area contributed by atoms with Crippen molar-refractivity contribution in [1.29, 1.82) is 0 Å². The lowest BCUT2D eigenvalue weighted by Crippen LogP contribution is -2.50. The number of hydrogen-bond acceptors (Lipinski definition) is 4. The van der Waals surface area contributed by atoms with Crippen LogP contribution in [-0.2, 0) is 4.79 Å². The Bertz CT molecular complexity index is 926. The molecule has 5 unspecified atom stereocenters.